The minimum Gasteiger partial charge on any atom is -0.143 e. The van der Waals surface area contributed by atoms with Crippen molar-refractivity contribution in [3.05, 3.63) is 10.0 Å². The average Bonchev–Trinajstić information content (AvgIpc) is 2.74. The Bertz CT molecular complexity index is 470. The van der Waals surface area contributed by atoms with Crippen molar-refractivity contribution < 1.29 is 0 Å². The molecule has 4 bridgehead atoms. The fourth-order valence-electron chi connectivity index (χ4n) is 5.49. The Labute approximate surface area is 117 Å². The zero-order valence-electron chi connectivity index (χ0n) is 10.8. The molecule has 0 spiro atoms. The number of hydrogen-bond donors (Lipinski definition) is 0. The van der Waals surface area contributed by atoms with Gasteiger partial charge in [-0.25, -0.2) is 0 Å². The summed E-state index contributed by atoms with van der Waals surface area (Å²) in [6.07, 6.45) is 8.42. The predicted octanol–water partition coefficient (Wildman–Crippen LogP) is 4.13. The molecule has 2 unspecified atom stereocenters. The van der Waals surface area contributed by atoms with Gasteiger partial charge in [0.1, 0.15) is 10.0 Å². The summed E-state index contributed by atoms with van der Waals surface area (Å²) in [6, 6.07) is 0. The molecule has 98 valence electrons. The molecular formula is C14H19ClN2S. The van der Waals surface area contributed by atoms with Crippen LogP contribution in [0, 0.1) is 17.3 Å². The quantitative estimate of drug-likeness (QED) is 0.762. The molecule has 0 aliphatic heterocycles. The molecule has 4 aliphatic carbocycles. The summed E-state index contributed by atoms with van der Waals surface area (Å²) < 4.78 is 0. The van der Waals surface area contributed by atoms with Crippen LogP contribution in [-0.2, 0) is 11.3 Å². The maximum Gasteiger partial charge on any atom is 0.132 e. The Morgan fingerprint density at radius 3 is 2.50 bits per heavy atom. The maximum absolute atomic E-state index is 5.88. The van der Waals surface area contributed by atoms with E-state index in [1.807, 2.05) is 0 Å². The summed E-state index contributed by atoms with van der Waals surface area (Å²) >= 11 is 7.65. The zero-order chi connectivity index (χ0) is 12.4. The molecule has 0 N–H and O–H groups in total. The molecule has 4 heteroatoms. The van der Waals surface area contributed by atoms with Crippen LogP contribution in [0.2, 0.25) is 0 Å². The van der Waals surface area contributed by atoms with Gasteiger partial charge in [-0.05, 0) is 55.8 Å². The highest BCUT2D eigenvalue weighted by Crippen LogP contribution is 2.65. The predicted molar refractivity (Wildman–Crippen MR) is 73.9 cm³/mol. The lowest BCUT2D eigenvalue weighted by Crippen LogP contribution is -2.52. The van der Waals surface area contributed by atoms with E-state index in [0.717, 1.165) is 16.8 Å². The van der Waals surface area contributed by atoms with Gasteiger partial charge in [-0.1, -0.05) is 18.3 Å². The summed E-state index contributed by atoms with van der Waals surface area (Å²) in [5.74, 6) is 2.40. The van der Waals surface area contributed by atoms with Crippen LogP contribution in [0.1, 0.15) is 55.5 Å². The number of rotatable bonds is 2. The third kappa shape index (κ3) is 1.59. The van der Waals surface area contributed by atoms with Crippen LogP contribution in [0.25, 0.3) is 0 Å². The number of aromatic nitrogens is 2. The average molecular weight is 283 g/mol. The lowest BCUT2D eigenvalue weighted by atomic mass is 9.45. The molecule has 4 fully saturated rings. The SMILES string of the molecule is CC12CC3CC(C1)CC(c1nnc(CCl)s1)(C3)C2. The molecule has 18 heavy (non-hydrogen) atoms. The smallest absolute Gasteiger partial charge is 0.132 e. The molecule has 4 aliphatic rings. The molecule has 2 atom stereocenters. The van der Waals surface area contributed by atoms with Gasteiger partial charge in [0.2, 0.25) is 0 Å². The molecule has 0 amide bonds. The van der Waals surface area contributed by atoms with E-state index in [9.17, 15) is 0 Å². The molecule has 4 saturated carbocycles. The highest BCUT2D eigenvalue weighted by molar-refractivity contribution is 7.11. The van der Waals surface area contributed by atoms with Crippen LogP contribution in [-0.4, -0.2) is 10.2 Å². The van der Waals surface area contributed by atoms with Crippen molar-refractivity contribution in [3.8, 4) is 0 Å². The molecule has 5 rings (SSSR count). The van der Waals surface area contributed by atoms with Gasteiger partial charge < -0.3 is 0 Å². The van der Waals surface area contributed by atoms with Crippen molar-refractivity contribution in [2.45, 2.75) is 56.7 Å². The summed E-state index contributed by atoms with van der Waals surface area (Å²) in [6.45, 7) is 2.50. The van der Waals surface area contributed by atoms with Gasteiger partial charge in [0.25, 0.3) is 0 Å². The van der Waals surface area contributed by atoms with Gasteiger partial charge in [0.15, 0.2) is 0 Å². The summed E-state index contributed by atoms with van der Waals surface area (Å²) in [5.41, 5.74) is 0.942. The zero-order valence-corrected chi connectivity index (χ0v) is 12.4. The lowest BCUT2D eigenvalue weighted by molar-refractivity contribution is -0.0618. The second-order valence-electron chi connectivity index (χ2n) is 7.19. The van der Waals surface area contributed by atoms with Crippen molar-refractivity contribution in [1.29, 1.82) is 0 Å². The summed E-state index contributed by atoms with van der Waals surface area (Å²) in [4.78, 5) is 0. The van der Waals surface area contributed by atoms with E-state index < -0.39 is 0 Å². The third-order valence-electron chi connectivity index (χ3n) is 5.39. The van der Waals surface area contributed by atoms with E-state index in [-0.39, 0.29) is 0 Å². The van der Waals surface area contributed by atoms with E-state index in [1.165, 1.54) is 43.5 Å². The van der Waals surface area contributed by atoms with Gasteiger partial charge in [0.05, 0.1) is 5.88 Å². The number of alkyl halides is 1. The number of nitrogens with zero attached hydrogens (tertiary/aromatic N) is 2. The Morgan fingerprint density at radius 1 is 1.22 bits per heavy atom. The maximum atomic E-state index is 5.88. The fraction of sp³-hybridized carbons (Fsp3) is 0.857. The molecule has 1 aromatic rings. The van der Waals surface area contributed by atoms with Crippen LogP contribution < -0.4 is 0 Å². The summed E-state index contributed by atoms with van der Waals surface area (Å²) in [7, 11) is 0. The molecule has 2 nitrogen and oxygen atoms in total. The third-order valence-corrected chi connectivity index (χ3v) is 6.97. The fourth-order valence-corrected chi connectivity index (χ4v) is 6.61. The van der Waals surface area contributed by atoms with Crippen molar-refractivity contribution in [2.75, 3.05) is 0 Å². The Kier molecular flexibility index (Phi) is 2.39. The van der Waals surface area contributed by atoms with Crippen LogP contribution in [0.3, 0.4) is 0 Å². The van der Waals surface area contributed by atoms with Crippen molar-refractivity contribution in [1.82, 2.24) is 10.2 Å². The molecule has 0 radical (unpaired) electrons. The van der Waals surface area contributed by atoms with E-state index >= 15 is 0 Å². The van der Waals surface area contributed by atoms with Crippen LogP contribution in [0.5, 0.6) is 0 Å². The lowest BCUT2D eigenvalue weighted by Gasteiger charge is -2.60. The minimum absolute atomic E-state index is 0.362. The van der Waals surface area contributed by atoms with Gasteiger partial charge in [-0.15, -0.1) is 21.8 Å². The standard InChI is InChI=1S/C14H19ClN2S/c1-13-3-9-2-10(4-13)6-14(5-9,8-13)12-17-16-11(7-15)18-12/h9-10H,2-8H2,1H3. The van der Waals surface area contributed by atoms with E-state index in [1.54, 1.807) is 11.3 Å². The Morgan fingerprint density at radius 2 is 1.94 bits per heavy atom. The van der Waals surface area contributed by atoms with Crippen LogP contribution in [0.15, 0.2) is 0 Å². The van der Waals surface area contributed by atoms with Gasteiger partial charge in [-0.3, -0.25) is 0 Å². The number of halogens is 1. The van der Waals surface area contributed by atoms with E-state index in [2.05, 4.69) is 17.1 Å². The molecule has 1 heterocycles. The van der Waals surface area contributed by atoms with E-state index in [4.69, 9.17) is 11.6 Å². The van der Waals surface area contributed by atoms with Crippen molar-refractivity contribution in [2.24, 2.45) is 17.3 Å². The Balaban J connectivity index is 1.74. The molecule has 1 aromatic heterocycles. The topological polar surface area (TPSA) is 25.8 Å². The first-order valence-electron chi connectivity index (χ1n) is 7.00. The van der Waals surface area contributed by atoms with Crippen molar-refractivity contribution >= 4 is 22.9 Å². The first-order chi connectivity index (χ1) is 8.61. The molecular weight excluding hydrogens is 264 g/mol. The van der Waals surface area contributed by atoms with E-state index in [0.29, 0.717) is 16.7 Å². The van der Waals surface area contributed by atoms with Crippen molar-refractivity contribution in [3.63, 3.8) is 0 Å². The van der Waals surface area contributed by atoms with Gasteiger partial charge in [0, 0.05) is 5.41 Å². The molecule has 0 aromatic carbocycles. The second kappa shape index (κ2) is 3.69. The number of hydrogen-bond acceptors (Lipinski definition) is 3. The van der Waals surface area contributed by atoms with Crippen LogP contribution >= 0.6 is 22.9 Å². The second-order valence-corrected chi connectivity index (χ2v) is 8.52. The van der Waals surface area contributed by atoms with Gasteiger partial charge >= 0.3 is 0 Å². The van der Waals surface area contributed by atoms with Gasteiger partial charge in [-0.2, -0.15) is 0 Å². The highest BCUT2D eigenvalue weighted by Gasteiger charge is 2.57. The first kappa shape index (κ1) is 11.7. The highest BCUT2D eigenvalue weighted by atomic mass is 35.5. The Hall–Kier alpha value is -0.150. The molecule has 0 saturated heterocycles. The minimum atomic E-state index is 0.362. The normalized spacial score (nSPS) is 45.7. The summed E-state index contributed by atoms with van der Waals surface area (Å²) in [5, 5.41) is 11.0. The first-order valence-corrected chi connectivity index (χ1v) is 8.35. The largest absolute Gasteiger partial charge is 0.143 e. The monoisotopic (exact) mass is 282 g/mol. The van der Waals surface area contributed by atoms with Crippen LogP contribution in [0.4, 0.5) is 0 Å².